The van der Waals surface area contributed by atoms with Crippen LogP contribution in [-0.4, -0.2) is 16.7 Å². The van der Waals surface area contributed by atoms with Gasteiger partial charge in [0.25, 0.3) is 0 Å². The fourth-order valence-corrected chi connectivity index (χ4v) is 1.92. The summed E-state index contributed by atoms with van der Waals surface area (Å²) in [5, 5.41) is 9.63. The molecule has 0 aliphatic carbocycles. The molecule has 1 heterocycles. The van der Waals surface area contributed by atoms with Gasteiger partial charge in [0.1, 0.15) is 0 Å². The van der Waals surface area contributed by atoms with E-state index in [9.17, 15) is 0 Å². The molecule has 1 aromatic heterocycles. The van der Waals surface area contributed by atoms with Crippen LogP contribution in [0.15, 0.2) is 30.3 Å². The number of nitrogens with zero attached hydrogens (tertiary/aromatic N) is 2. The van der Waals surface area contributed by atoms with E-state index in [0.29, 0.717) is 12.5 Å². The van der Waals surface area contributed by atoms with E-state index in [2.05, 4.69) is 36.2 Å². The lowest BCUT2D eigenvalue weighted by Crippen LogP contribution is -2.19. The van der Waals surface area contributed by atoms with Crippen LogP contribution in [0.1, 0.15) is 25.5 Å². The number of fused-ring (bicyclic) bond motifs is 1. The maximum absolute atomic E-state index is 5.78. The summed E-state index contributed by atoms with van der Waals surface area (Å²) in [5.74, 6) is 0.776. The van der Waals surface area contributed by atoms with E-state index in [4.69, 9.17) is 5.73 Å². The van der Waals surface area contributed by atoms with Gasteiger partial charge in [-0.15, -0.1) is 0 Å². The highest BCUT2D eigenvalue weighted by Gasteiger charge is 2.16. The van der Waals surface area contributed by atoms with E-state index in [-0.39, 0.29) is 5.92 Å². The fourth-order valence-electron chi connectivity index (χ4n) is 1.92. The van der Waals surface area contributed by atoms with Crippen LogP contribution < -0.4 is 5.73 Å². The molecule has 0 bridgehead atoms. The lowest BCUT2D eigenvalue weighted by atomic mass is 9.92. The Morgan fingerprint density at radius 3 is 2.62 bits per heavy atom. The van der Waals surface area contributed by atoms with Gasteiger partial charge in [-0.1, -0.05) is 32.0 Å². The van der Waals surface area contributed by atoms with Crippen molar-refractivity contribution in [3.63, 3.8) is 0 Å². The largest absolute Gasteiger partial charge is 0.330 e. The first-order valence-electron chi connectivity index (χ1n) is 5.65. The summed E-state index contributed by atoms with van der Waals surface area (Å²) in [6.45, 7) is 4.94. The molecule has 0 spiro atoms. The van der Waals surface area contributed by atoms with Crippen LogP contribution in [0.5, 0.6) is 0 Å². The van der Waals surface area contributed by atoms with Crippen molar-refractivity contribution in [2.45, 2.75) is 19.8 Å². The zero-order chi connectivity index (χ0) is 11.5. The Morgan fingerprint density at radius 1 is 1.19 bits per heavy atom. The number of hydrogen-bond acceptors (Lipinski definition) is 3. The molecule has 0 radical (unpaired) electrons. The molecule has 3 heteroatoms. The van der Waals surface area contributed by atoms with Crippen molar-refractivity contribution in [2.75, 3.05) is 6.54 Å². The molecule has 0 saturated carbocycles. The summed E-state index contributed by atoms with van der Waals surface area (Å²) in [6, 6.07) is 10.1. The molecule has 84 valence electrons. The lowest BCUT2D eigenvalue weighted by molar-refractivity contribution is 0.492. The Bertz CT molecular complexity index is 479. The third-order valence-electron chi connectivity index (χ3n) is 2.95. The van der Waals surface area contributed by atoms with Crippen molar-refractivity contribution < 1.29 is 0 Å². The molecule has 1 unspecified atom stereocenters. The lowest BCUT2D eigenvalue weighted by Gasteiger charge is -2.17. The molecule has 0 aliphatic heterocycles. The maximum atomic E-state index is 5.78. The highest BCUT2D eigenvalue weighted by molar-refractivity contribution is 5.78. The first-order valence-corrected chi connectivity index (χ1v) is 5.65. The maximum Gasteiger partial charge on any atom is 0.0929 e. The van der Waals surface area contributed by atoms with E-state index < -0.39 is 0 Å². The summed E-state index contributed by atoms with van der Waals surface area (Å²) < 4.78 is 0. The Hall–Kier alpha value is -1.48. The quantitative estimate of drug-likeness (QED) is 0.855. The minimum Gasteiger partial charge on any atom is -0.330 e. The van der Waals surface area contributed by atoms with E-state index in [1.165, 1.54) is 0 Å². The molecule has 0 aliphatic rings. The molecule has 1 aromatic carbocycles. The van der Waals surface area contributed by atoms with Gasteiger partial charge in [-0.2, -0.15) is 10.2 Å². The van der Waals surface area contributed by atoms with Gasteiger partial charge in [0.15, 0.2) is 0 Å². The molecule has 0 fully saturated rings. The summed E-state index contributed by atoms with van der Waals surface area (Å²) in [6.07, 6.45) is 0. The number of rotatable bonds is 3. The Kier molecular flexibility index (Phi) is 3.15. The number of hydrogen-bond donors (Lipinski definition) is 1. The average Bonchev–Trinajstić information content (AvgIpc) is 2.29. The Balaban J connectivity index is 2.45. The third kappa shape index (κ3) is 2.04. The fraction of sp³-hybridized carbons (Fsp3) is 0.385. The van der Waals surface area contributed by atoms with Crippen molar-refractivity contribution in [1.29, 1.82) is 0 Å². The number of nitrogens with two attached hydrogens (primary N) is 1. The highest BCUT2D eigenvalue weighted by atomic mass is 15.1. The molecular weight excluding hydrogens is 198 g/mol. The van der Waals surface area contributed by atoms with Crippen molar-refractivity contribution in [3.05, 3.63) is 36.0 Å². The summed E-state index contributed by atoms with van der Waals surface area (Å²) in [4.78, 5) is 0. The molecule has 2 rings (SSSR count). The summed E-state index contributed by atoms with van der Waals surface area (Å²) >= 11 is 0. The van der Waals surface area contributed by atoms with Crippen LogP contribution in [0.2, 0.25) is 0 Å². The van der Waals surface area contributed by atoms with Crippen molar-refractivity contribution in [1.82, 2.24) is 10.2 Å². The van der Waals surface area contributed by atoms with Gasteiger partial charge < -0.3 is 5.73 Å². The Morgan fingerprint density at radius 2 is 1.94 bits per heavy atom. The van der Waals surface area contributed by atoms with Crippen LogP contribution in [0.4, 0.5) is 0 Å². The van der Waals surface area contributed by atoms with Crippen molar-refractivity contribution >= 4 is 10.9 Å². The molecule has 3 nitrogen and oxygen atoms in total. The highest BCUT2D eigenvalue weighted by Crippen LogP contribution is 2.23. The van der Waals surface area contributed by atoms with E-state index >= 15 is 0 Å². The van der Waals surface area contributed by atoms with Gasteiger partial charge >= 0.3 is 0 Å². The van der Waals surface area contributed by atoms with Crippen LogP contribution in [0.25, 0.3) is 10.9 Å². The predicted octanol–water partition coefficient (Wildman–Crippen LogP) is 2.33. The second kappa shape index (κ2) is 4.58. The van der Waals surface area contributed by atoms with E-state index in [1.807, 2.05) is 18.2 Å². The smallest absolute Gasteiger partial charge is 0.0929 e. The monoisotopic (exact) mass is 215 g/mol. The van der Waals surface area contributed by atoms with Crippen LogP contribution in [0.3, 0.4) is 0 Å². The molecular formula is C13H17N3. The van der Waals surface area contributed by atoms with Gasteiger partial charge in [0.2, 0.25) is 0 Å². The summed E-state index contributed by atoms with van der Waals surface area (Å²) in [5.41, 5.74) is 7.71. The summed E-state index contributed by atoms with van der Waals surface area (Å²) in [7, 11) is 0. The van der Waals surface area contributed by atoms with Gasteiger partial charge in [-0.3, -0.25) is 0 Å². The van der Waals surface area contributed by atoms with Crippen LogP contribution in [-0.2, 0) is 0 Å². The predicted molar refractivity (Wildman–Crippen MR) is 66.2 cm³/mol. The van der Waals surface area contributed by atoms with Gasteiger partial charge in [0.05, 0.1) is 11.2 Å². The topological polar surface area (TPSA) is 51.8 Å². The molecule has 2 N–H and O–H groups in total. The second-order valence-electron chi connectivity index (χ2n) is 4.41. The minimum absolute atomic E-state index is 0.289. The second-order valence-corrected chi connectivity index (χ2v) is 4.41. The normalized spacial score (nSPS) is 13.2. The van der Waals surface area contributed by atoms with Crippen LogP contribution >= 0.6 is 0 Å². The molecule has 2 aromatic rings. The molecule has 1 atom stereocenters. The molecule has 16 heavy (non-hydrogen) atoms. The van der Waals surface area contributed by atoms with Crippen LogP contribution in [0, 0.1) is 5.92 Å². The zero-order valence-electron chi connectivity index (χ0n) is 9.72. The van der Waals surface area contributed by atoms with E-state index in [1.54, 1.807) is 0 Å². The average molecular weight is 215 g/mol. The van der Waals surface area contributed by atoms with Gasteiger partial charge in [0, 0.05) is 17.8 Å². The molecule has 0 saturated heterocycles. The minimum atomic E-state index is 0.289. The molecule has 0 amide bonds. The van der Waals surface area contributed by atoms with Gasteiger partial charge in [-0.05, 0) is 18.1 Å². The zero-order valence-corrected chi connectivity index (χ0v) is 9.72. The number of benzene rings is 1. The van der Waals surface area contributed by atoms with Gasteiger partial charge in [-0.25, -0.2) is 0 Å². The SMILES string of the molecule is CC(C)C(CN)c1cc2ccccc2nn1. The van der Waals surface area contributed by atoms with Crippen molar-refractivity contribution in [3.8, 4) is 0 Å². The standard InChI is InChI=1S/C13H17N3/c1-9(2)11(8-14)13-7-10-5-3-4-6-12(10)15-16-13/h3-7,9,11H,8,14H2,1-2H3. The Labute approximate surface area is 95.7 Å². The first kappa shape index (κ1) is 11.0. The number of aromatic nitrogens is 2. The first-order chi connectivity index (χ1) is 7.72. The van der Waals surface area contributed by atoms with E-state index in [0.717, 1.165) is 16.6 Å². The van der Waals surface area contributed by atoms with Crippen molar-refractivity contribution in [2.24, 2.45) is 11.7 Å². The third-order valence-corrected chi connectivity index (χ3v) is 2.95.